The van der Waals surface area contributed by atoms with Gasteiger partial charge in [0.2, 0.25) is 0 Å². The Balaban J connectivity index is 0.00000611. The summed E-state index contributed by atoms with van der Waals surface area (Å²) in [7, 11) is 0. The second-order valence-electron chi connectivity index (χ2n) is 23.2. The molecule has 0 amide bonds. The molecule has 0 aliphatic carbocycles. The molecule has 0 unspecified atom stereocenters. The van der Waals surface area contributed by atoms with Crippen LogP contribution in [0.15, 0.2) is 174 Å². The zero-order valence-electron chi connectivity index (χ0n) is 43.7. The van der Waals surface area contributed by atoms with Crippen LogP contribution in [0, 0.1) is 6.07 Å². The van der Waals surface area contributed by atoms with E-state index in [1.54, 1.807) is 0 Å². The molecule has 11 rings (SSSR count). The number of aromatic nitrogens is 3. The molecule has 0 aliphatic heterocycles. The van der Waals surface area contributed by atoms with Gasteiger partial charge in [-0.3, -0.25) is 9.55 Å². The van der Waals surface area contributed by atoms with Gasteiger partial charge in [0.25, 0.3) is 0 Å². The number of nitrogens with zero attached hydrogens (tertiary/aromatic N) is 3. The van der Waals surface area contributed by atoms with E-state index in [1.807, 2.05) is 6.20 Å². The van der Waals surface area contributed by atoms with Crippen LogP contribution in [0.2, 0.25) is 0 Å². The van der Waals surface area contributed by atoms with Crippen molar-refractivity contribution in [1.29, 1.82) is 0 Å². The first-order valence-corrected chi connectivity index (χ1v) is 25.2. The largest absolute Gasteiger partial charge is 0.507 e. The van der Waals surface area contributed by atoms with Crippen LogP contribution in [0.5, 0.6) is 5.75 Å². The van der Waals surface area contributed by atoms with Crippen LogP contribution in [0.3, 0.4) is 0 Å². The average molecular weight is 1140 g/mol. The maximum absolute atomic E-state index is 12.7. The summed E-state index contributed by atoms with van der Waals surface area (Å²) in [5.74, 6) is 0.905. The van der Waals surface area contributed by atoms with E-state index in [0.29, 0.717) is 11.4 Å². The van der Waals surface area contributed by atoms with E-state index in [0.717, 1.165) is 99.6 Å². The predicted octanol–water partition coefficient (Wildman–Crippen LogP) is 17.9. The molecule has 0 fully saturated rings. The van der Waals surface area contributed by atoms with Gasteiger partial charge >= 0.3 is 0 Å². The molecule has 8 aromatic carbocycles. The molecule has 368 valence electrons. The number of para-hydroxylation sites is 1. The van der Waals surface area contributed by atoms with E-state index >= 15 is 0 Å². The minimum atomic E-state index is -0.397. The molecular weight excluding hydrogens is 1070 g/mol. The van der Waals surface area contributed by atoms with Gasteiger partial charge < -0.3 is 9.52 Å². The molecule has 0 atom stereocenters. The van der Waals surface area contributed by atoms with Gasteiger partial charge in [-0.05, 0) is 74.2 Å². The van der Waals surface area contributed by atoms with Crippen molar-refractivity contribution in [2.75, 3.05) is 0 Å². The van der Waals surface area contributed by atoms with E-state index in [2.05, 4.69) is 251 Å². The van der Waals surface area contributed by atoms with Crippen molar-refractivity contribution in [3.05, 3.63) is 204 Å². The molecule has 1 N–H and O–H groups in total. The topological polar surface area (TPSA) is 64.1 Å². The second kappa shape index (κ2) is 18.1. The summed E-state index contributed by atoms with van der Waals surface area (Å²) >= 11 is 0. The number of phenolic OH excluding ortho intramolecular Hbond substituents is 1. The van der Waals surface area contributed by atoms with Gasteiger partial charge in [-0.15, -0.1) is 29.3 Å². The number of rotatable bonds is 7. The first-order valence-electron chi connectivity index (χ1n) is 25.2. The molecule has 0 spiro atoms. The Hall–Kier alpha value is -7.07. The SMILES string of the molecule is CC(C)(C)c1ccc(-n2c(-c3cc(C(C)(C)C)cc(C(C)(C)C)c3O)nc3c(-c4[c-]c(-c5cc6c(cn5)oc5c7ccccc7ccc65)cc(C(C)(C)c5ccccc5)c4)cccc32)c(-c2ccccc2)c1.[Pt]. The van der Waals surface area contributed by atoms with E-state index < -0.39 is 5.41 Å². The summed E-state index contributed by atoms with van der Waals surface area (Å²) in [5, 5.41) is 17.0. The number of imidazole rings is 1. The summed E-state index contributed by atoms with van der Waals surface area (Å²) in [6.07, 6.45) is 1.86. The smallest absolute Gasteiger partial charge is 0.152 e. The molecule has 0 bridgehead atoms. The van der Waals surface area contributed by atoms with Crippen LogP contribution in [0.25, 0.3) is 94.3 Å². The first-order chi connectivity index (χ1) is 34.3. The van der Waals surface area contributed by atoms with E-state index in [4.69, 9.17) is 14.4 Å². The number of aromatic hydroxyl groups is 1. The predicted molar refractivity (Wildman–Crippen MR) is 301 cm³/mol. The summed E-state index contributed by atoms with van der Waals surface area (Å²) in [6, 6.07) is 62.2. The number of benzene rings is 8. The zero-order valence-corrected chi connectivity index (χ0v) is 46.0. The monoisotopic (exact) mass is 1140 g/mol. The fourth-order valence-electron chi connectivity index (χ4n) is 10.4. The Morgan fingerprint density at radius 1 is 0.521 bits per heavy atom. The van der Waals surface area contributed by atoms with Crippen molar-refractivity contribution in [1.82, 2.24) is 14.5 Å². The zero-order chi connectivity index (χ0) is 50.5. The molecule has 3 heterocycles. The third-order valence-corrected chi connectivity index (χ3v) is 14.8. The van der Waals surface area contributed by atoms with Crippen LogP contribution in [-0.4, -0.2) is 19.6 Å². The number of furan rings is 1. The number of hydrogen-bond donors (Lipinski definition) is 1. The van der Waals surface area contributed by atoms with Crippen molar-refractivity contribution < 1.29 is 30.6 Å². The molecule has 5 nitrogen and oxygen atoms in total. The van der Waals surface area contributed by atoms with Crippen molar-refractivity contribution in [3.63, 3.8) is 0 Å². The van der Waals surface area contributed by atoms with Crippen molar-refractivity contribution in [3.8, 4) is 56.3 Å². The molecule has 3 aromatic heterocycles. The maximum Gasteiger partial charge on any atom is 0.152 e. The fourth-order valence-corrected chi connectivity index (χ4v) is 10.4. The van der Waals surface area contributed by atoms with E-state index in [-0.39, 0.29) is 43.1 Å². The van der Waals surface area contributed by atoms with Crippen molar-refractivity contribution >= 4 is 43.7 Å². The standard InChI is InChI=1S/C67H62N3O2.Pt/c1-64(2,3)46-30-32-57(52(36-46)41-21-14-12-15-22-41)70-58-28-20-27-49(60(58)69-63(70)54-37-47(65(4,5)6)38-55(61(54)71)66(7,8)9)43-33-44(35-48(34-43)67(10,11)45-24-16-13-17-25-45)56-39-53-51-31-29-42-23-18-19-26-50(42)62(51)72-59(53)40-68-56;/h12-32,34-40,71H,1-11H3;/q-1;. The minimum Gasteiger partial charge on any atom is -0.507 e. The third-order valence-electron chi connectivity index (χ3n) is 14.8. The third kappa shape index (κ3) is 8.80. The maximum atomic E-state index is 12.7. The number of hydrogen-bond acceptors (Lipinski definition) is 4. The van der Waals surface area contributed by atoms with Crippen LogP contribution in [0.4, 0.5) is 0 Å². The van der Waals surface area contributed by atoms with Gasteiger partial charge in [-0.2, -0.15) is 0 Å². The molecule has 6 heteroatoms. The quantitative estimate of drug-likeness (QED) is 0.162. The van der Waals surface area contributed by atoms with Gasteiger partial charge in [0.05, 0.1) is 28.5 Å². The Labute approximate surface area is 444 Å². The Morgan fingerprint density at radius 2 is 1.19 bits per heavy atom. The minimum absolute atomic E-state index is 0. The number of pyridine rings is 1. The fraction of sp³-hybridized carbons (Fsp3) is 0.224. The molecular formula is C67H62N3O2Pt-. The molecule has 0 saturated heterocycles. The summed E-state index contributed by atoms with van der Waals surface area (Å²) in [5.41, 5.74) is 15.2. The van der Waals surface area contributed by atoms with Crippen LogP contribution in [-0.2, 0) is 42.7 Å². The van der Waals surface area contributed by atoms with Gasteiger partial charge in [0.1, 0.15) is 17.2 Å². The van der Waals surface area contributed by atoms with Crippen molar-refractivity contribution in [2.45, 2.75) is 97.8 Å². The molecule has 73 heavy (non-hydrogen) atoms. The number of fused-ring (bicyclic) bond motifs is 6. The van der Waals surface area contributed by atoms with Crippen LogP contribution >= 0.6 is 0 Å². The Bertz CT molecular complexity index is 3900. The van der Waals surface area contributed by atoms with Gasteiger partial charge in [-0.1, -0.05) is 209 Å². The molecule has 11 aromatic rings. The van der Waals surface area contributed by atoms with Crippen LogP contribution in [0.1, 0.15) is 104 Å². The van der Waals surface area contributed by atoms with Gasteiger partial charge in [-0.25, -0.2) is 4.98 Å². The Morgan fingerprint density at radius 3 is 1.90 bits per heavy atom. The van der Waals surface area contributed by atoms with Gasteiger partial charge in [0, 0.05) is 59.5 Å². The normalized spacial score (nSPS) is 12.5. The van der Waals surface area contributed by atoms with E-state index in [9.17, 15) is 5.11 Å². The molecule has 0 radical (unpaired) electrons. The molecule has 0 saturated carbocycles. The Kier molecular flexibility index (Phi) is 12.3. The molecule has 0 aliphatic rings. The summed E-state index contributed by atoms with van der Waals surface area (Å²) in [4.78, 5) is 10.8. The van der Waals surface area contributed by atoms with Crippen molar-refractivity contribution in [2.24, 2.45) is 0 Å². The van der Waals surface area contributed by atoms with Gasteiger partial charge in [0.15, 0.2) is 5.58 Å². The number of phenols is 1. The average Bonchev–Trinajstić information content (AvgIpc) is 3.94. The summed E-state index contributed by atoms with van der Waals surface area (Å²) < 4.78 is 8.82. The van der Waals surface area contributed by atoms with Crippen LogP contribution < -0.4 is 0 Å². The first kappa shape index (κ1) is 49.5. The summed E-state index contributed by atoms with van der Waals surface area (Å²) in [6.45, 7) is 24.5. The second-order valence-corrected chi connectivity index (χ2v) is 23.2. The van der Waals surface area contributed by atoms with E-state index in [1.165, 1.54) is 11.1 Å².